The van der Waals surface area contributed by atoms with Crippen molar-refractivity contribution in [3.05, 3.63) is 52.9 Å². The van der Waals surface area contributed by atoms with E-state index in [1.165, 1.54) is 17.6 Å². The average molecular weight is 339 g/mol. The minimum absolute atomic E-state index is 0.0859. The summed E-state index contributed by atoms with van der Waals surface area (Å²) in [5.41, 5.74) is -0.733. The number of aryl methyl sites for hydroxylation is 1. The van der Waals surface area contributed by atoms with Crippen molar-refractivity contribution in [1.82, 2.24) is 9.97 Å². The minimum atomic E-state index is -4.54. The highest BCUT2D eigenvalue weighted by Crippen LogP contribution is 2.33. The van der Waals surface area contributed by atoms with Crippen molar-refractivity contribution in [2.75, 3.05) is 5.32 Å². The smallest absolute Gasteiger partial charge is 0.433 e. The zero-order chi connectivity index (χ0) is 16.4. The molecule has 3 aromatic heterocycles. The molecule has 3 heterocycles. The van der Waals surface area contributed by atoms with Crippen molar-refractivity contribution < 1.29 is 17.6 Å². The van der Waals surface area contributed by atoms with Gasteiger partial charge in [0.2, 0.25) is 5.95 Å². The van der Waals surface area contributed by atoms with Crippen LogP contribution in [0.1, 0.15) is 16.3 Å². The number of hydrogen-bond donors (Lipinski definition) is 1. The first-order valence-corrected chi connectivity index (χ1v) is 7.53. The van der Waals surface area contributed by atoms with E-state index in [2.05, 4.69) is 15.3 Å². The van der Waals surface area contributed by atoms with E-state index in [1.54, 1.807) is 18.2 Å². The second kappa shape index (κ2) is 6.04. The average Bonchev–Trinajstić information content (AvgIpc) is 3.15. The molecule has 0 saturated heterocycles. The molecule has 0 saturated carbocycles. The molecule has 0 unspecified atom stereocenters. The number of halogens is 3. The third-order valence-corrected chi connectivity index (χ3v) is 4.03. The van der Waals surface area contributed by atoms with Gasteiger partial charge in [-0.1, -0.05) is 0 Å². The van der Waals surface area contributed by atoms with Crippen LogP contribution in [0.4, 0.5) is 19.1 Å². The highest BCUT2D eigenvalue weighted by molar-refractivity contribution is 7.15. The van der Waals surface area contributed by atoms with Gasteiger partial charge in [0.25, 0.3) is 0 Å². The maximum atomic E-state index is 13.0. The Kier molecular flexibility index (Phi) is 4.08. The van der Waals surface area contributed by atoms with Crippen molar-refractivity contribution in [2.45, 2.75) is 19.6 Å². The van der Waals surface area contributed by atoms with Crippen molar-refractivity contribution >= 4 is 17.3 Å². The summed E-state index contributed by atoms with van der Waals surface area (Å²) < 4.78 is 44.3. The largest absolute Gasteiger partial charge is 0.467 e. The number of rotatable bonds is 4. The molecular weight excluding hydrogens is 327 g/mol. The predicted octanol–water partition coefficient (Wildman–Crippen LogP) is 4.74. The van der Waals surface area contributed by atoms with E-state index in [-0.39, 0.29) is 18.2 Å². The number of thiophene rings is 1. The van der Waals surface area contributed by atoms with E-state index in [9.17, 15) is 13.2 Å². The summed E-state index contributed by atoms with van der Waals surface area (Å²) >= 11 is 1.38. The fourth-order valence-electron chi connectivity index (χ4n) is 1.95. The predicted molar refractivity (Wildman–Crippen MR) is 81.1 cm³/mol. The van der Waals surface area contributed by atoms with Crippen LogP contribution in [0.3, 0.4) is 0 Å². The Bertz CT molecular complexity index is 797. The summed E-state index contributed by atoms with van der Waals surface area (Å²) in [4.78, 5) is 9.39. The second-order valence-electron chi connectivity index (χ2n) is 4.80. The summed E-state index contributed by atoms with van der Waals surface area (Å²) in [6, 6.07) is 7.96. The number of alkyl halides is 3. The summed E-state index contributed by atoms with van der Waals surface area (Å²) in [7, 11) is 0. The van der Waals surface area contributed by atoms with E-state index < -0.39 is 11.9 Å². The van der Waals surface area contributed by atoms with E-state index in [4.69, 9.17) is 4.42 Å². The zero-order valence-corrected chi connectivity index (χ0v) is 12.8. The molecule has 0 aliphatic carbocycles. The fraction of sp³-hybridized carbons (Fsp3) is 0.200. The van der Waals surface area contributed by atoms with Crippen LogP contribution in [0.2, 0.25) is 0 Å². The molecule has 0 aliphatic heterocycles. The Balaban J connectivity index is 1.94. The second-order valence-corrected chi connectivity index (χ2v) is 6.09. The van der Waals surface area contributed by atoms with Gasteiger partial charge in [-0.15, -0.1) is 11.3 Å². The third kappa shape index (κ3) is 3.70. The molecule has 0 aliphatic rings. The molecule has 0 atom stereocenters. The Morgan fingerprint density at radius 3 is 2.65 bits per heavy atom. The highest BCUT2D eigenvalue weighted by Gasteiger charge is 2.34. The molecule has 0 aromatic carbocycles. The quantitative estimate of drug-likeness (QED) is 0.746. The van der Waals surface area contributed by atoms with Crippen LogP contribution < -0.4 is 5.32 Å². The number of nitrogens with one attached hydrogen (secondary N) is 1. The van der Waals surface area contributed by atoms with Gasteiger partial charge in [-0.3, -0.25) is 0 Å². The maximum absolute atomic E-state index is 13.0. The first-order chi connectivity index (χ1) is 10.9. The van der Waals surface area contributed by atoms with Gasteiger partial charge in [0.05, 0.1) is 23.4 Å². The van der Waals surface area contributed by atoms with Crippen molar-refractivity contribution in [1.29, 1.82) is 0 Å². The SMILES string of the molecule is Cc1ccc(-c2cc(C(F)(F)F)nc(NCc3ccco3)n2)s1. The topological polar surface area (TPSA) is 51.0 Å². The number of nitrogens with zero attached hydrogens (tertiary/aromatic N) is 2. The lowest BCUT2D eigenvalue weighted by molar-refractivity contribution is -0.141. The summed E-state index contributed by atoms with van der Waals surface area (Å²) in [6.45, 7) is 2.09. The molecule has 0 bridgehead atoms. The standard InChI is InChI=1S/C15H12F3N3OS/c1-9-4-5-12(23-9)11-7-13(15(16,17)18)21-14(20-11)19-8-10-3-2-6-22-10/h2-7H,8H2,1H3,(H,19,20,21). The molecule has 23 heavy (non-hydrogen) atoms. The number of furan rings is 1. The van der Waals surface area contributed by atoms with E-state index in [0.717, 1.165) is 10.9 Å². The van der Waals surface area contributed by atoms with Gasteiger partial charge in [0.1, 0.15) is 5.76 Å². The van der Waals surface area contributed by atoms with Gasteiger partial charge in [-0.25, -0.2) is 9.97 Å². The van der Waals surface area contributed by atoms with Crippen LogP contribution in [0, 0.1) is 6.92 Å². The Morgan fingerprint density at radius 1 is 1.22 bits per heavy atom. The first-order valence-electron chi connectivity index (χ1n) is 6.71. The van der Waals surface area contributed by atoms with Crippen LogP contribution >= 0.6 is 11.3 Å². The highest BCUT2D eigenvalue weighted by atomic mass is 32.1. The third-order valence-electron chi connectivity index (χ3n) is 3.01. The molecule has 0 fully saturated rings. The fourth-order valence-corrected chi connectivity index (χ4v) is 2.78. The van der Waals surface area contributed by atoms with Crippen molar-refractivity contribution in [3.8, 4) is 10.6 Å². The number of aromatic nitrogens is 2. The monoisotopic (exact) mass is 339 g/mol. The molecule has 0 spiro atoms. The Labute approximate surface area is 134 Å². The van der Waals surface area contributed by atoms with Crippen molar-refractivity contribution in [2.24, 2.45) is 0 Å². The van der Waals surface area contributed by atoms with Crippen LogP contribution in [0.25, 0.3) is 10.6 Å². The van der Waals surface area contributed by atoms with Gasteiger partial charge in [-0.2, -0.15) is 13.2 Å². The van der Waals surface area contributed by atoms with E-state index in [1.807, 2.05) is 13.0 Å². The van der Waals surface area contributed by atoms with E-state index in [0.29, 0.717) is 10.6 Å². The normalized spacial score (nSPS) is 11.7. The molecule has 120 valence electrons. The first kappa shape index (κ1) is 15.5. The number of hydrogen-bond acceptors (Lipinski definition) is 5. The molecule has 4 nitrogen and oxygen atoms in total. The lowest BCUT2D eigenvalue weighted by Crippen LogP contribution is -2.12. The van der Waals surface area contributed by atoms with Gasteiger partial charge >= 0.3 is 6.18 Å². The molecule has 3 rings (SSSR count). The van der Waals surface area contributed by atoms with Gasteiger partial charge < -0.3 is 9.73 Å². The van der Waals surface area contributed by atoms with Crippen LogP contribution in [0.5, 0.6) is 0 Å². The summed E-state index contributed by atoms with van der Waals surface area (Å²) in [5, 5.41) is 2.77. The van der Waals surface area contributed by atoms with Gasteiger partial charge in [0.15, 0.2) is 5.69 Å². The Hall–Kier alpha value is -2.35. The zero-order valence-electron chi connectivity index (χ0n) is 12.0. The summed E-state index contributed by atoms with van der Waals surface area (Å²) in [5.74, 6) is 0.497. The number of anilines is 1. The summed E-state index contributed by atoms with van der Waals surface area (Å²) in [6.07, 6.45) is -3.05. The van der Waals surface area contributed by atoms with Gasteiger partial charge in [0, 0.05) is 4.88 Å². The molecule has 0 amide bonds. The van der Waals surface area contributed by atoms with Crippen LogP contribution in [-0.4, -0.2) is 9.97 Å². The van der Waals surface area contributed by atoms with Crippen LogP contribution in [-0.2, 0) is 12.7 Å². The molecule has 0 radical (unpaired) electrons. The van der Waals surface area contributed by atoms with E-state index >= 15 is 0 Å². The molecule has 8 heteroatoms. The molecule has 1 N–H and O–H groups in total. The molecule has 3 aromatic rings. The Morgan fingerprint density at radius 2 is 2.04 bits per heavy atom. The van der Waals surface area contributed by atoms with Gasteiger partial charge in [-0.05, 0) is 37.3 Å². The lowest BCUT2D eigenvalue weighted by Gasteiger charge is -2.10. The minimum Gasteiger partial charge on any atom is -0.467 e. The molecular formula is C15H12F3N3OS. The van der Waals surface area contributed by atoms with Crippen LogP contribution in [0.15, 0.2) is 41.0 Å². The lowest BCUT2D eigenvalue weighted by atomic mass is 10.2. The maximum Gasteiger partial charge on any atom is 0.433 e. The van der Waals surface area contributed by atoms with Crippen molar-refractivity contribution in [3.63, 3.8) is 0 Å².